The fraction of sp³-hybridized carbons (Fsp3) is 0.100. The molecule has 0 atom stereocenters. The predicted molar refractivity (Wildman–Crippen MR) is 93.2 cm³/mol. The highest BCUT2D eigenvalue weighted by Crippen LogP contribution is 2.35. The molecule has 0 bridgehead atoms. The molecule has 0 aliphatic carbocycles. The van der Waals surface area contributed by atoms with Crippen LogP contribution >= 0.6 is 0 Å². The third kappa shape index (κ3) is 2.63. The molecule has 4 N–H and O–H groups in total. The number of aromatic hydroxyl groups is 3. The fourth-order valence-corrected chi connectivity index (χ4v) is 3.19. The maximum Gasteiger partial charge on any atom is 0.117 e. The minimum Gasteiger partial charge on any atom is -0.508 e. The lowest BCUT2D eigenvalue weighted by molar-refractivity contribution is 0.473. The van der Waals surface area contributed by atoms with Gasteiger partial charge in [-0.15, -0.1) is 0 Å². The molecule has 0 radical (unpaired) electrons. The zero-order valence-electron chi connectivity index (χ0n) is 13.0. The second kappa shape index (κ2) is 5.49. The van der Waals surface area contributed by atoms with Crippen LogP contribution in [0.1, 0.15) is 22.3 Å². The molecule has 3 aromatic carbocycles. The number of fused-ring (bicyclic) bond motifs is 3. The van der Waals surface area contributed by atoms with E-state index < -0.39 is 0 Å². The maximum atomic E-state index is 9.86. The normalized spacial score (nSPS) is 12.7. The summed E-state index contributed by atoms with van der Waals surface area (Å²) in [6, 6.07) is 15.9. The summed E-state index contributed by atoms with van der Waals surface area (Å²) in [6.45, 7) is 0. The lowest BCUT2D eigenvalue weighted by Gasteiger charge is -2.14. The number of nitrogens with one attached hydrogen (secondary N) is 1. The smallest absolute Gasteiger partial charge is 0.117 e. The van der Waals surface area contributed by atoms with Gasteiger partial charge >= 0.3 is 0 Å². The summed E-state index contributed by atoms with van der Waals surface area (Å²) in [5.41, 5.74) is 5.82. The van der Waals surface area contributed by atoms with E-state index in [1.54, 1.807) is 36.4 Å². The summed E-state index contributed by atoms with van der Waals surface area (Å²) in [7, 11) is 0. The second-order valence-corrected chi connectivity index (χ2v) is 6.11. The molecule has 0 spiro atoms. The number of rotatable bonds is 0. The zero-order chi connectivity index (χ0) is 16.7. The Morgan fingerprint density at radius 2 is 1.12 bits per heavy atom. The largest absolute Gasteiger partial charge is 0.508 e. The van der Waals surface area contributed by atoms with Crippen molar-refractivity contribution in [2.75, 3.05) is 5.32 Å². The molecule has 24 heavy (non-hydrogen) atoms. The molecule has 1 aliphatic rings. The number of phenolic OH excluding ortho intramolecular Hbond substituents is 3. The third-order valence-corrected chi connectivity index (χ3v) is 4.40. The monoisotopic (exact) mass is 319 g/mol. The summed E-state index contributed by atoms with van der Waals surface area (Å²) in [5, 5.41) is 32.9. The van der Waals surface area contributed by atoms with Gasteiger partial charge in [0, 0.05) is 17.4 Å². The van der Waals surface area contributed by atoms with Crippen LogP contribution in [0.25, 0.3) is 0 Å². The highest BCUT2D eigenvalue weighted by Gasteiger charge is 2.15. The van der Waals surface area contributed by atoms with Crippen LogP contribution in [0.4, 0.5) is 11.4 Å². The van der Waals surface area contributed by atoms with Gasteiger partial charge in [-0.3, -0.25) is 0 Å². The van der Waals surface area contributed by atoms with Crippen LogP contribution in [0, 0.1) is 0 Å². The quantitative estimate of drug-likeness (QED) is 0.369. The first-order valence-corrected chi connectivity index (χ1v) is 7.80. The third-order valence-electron chi connectivity index (χ3n) is 4.40. The molecule has 1 aliphatic heterocycles. The topological polar surface area (TPSA) is 72.7 Å². The van der Waals surface area contributed by atoms with Crippen molar-refractivity contribution in [2.45, 2.75) is 12.8 Å². The molecule has 120 valence electrons. The van der Waals surface area contributed by atoms with Gasteiger partial charge < -0.3 is 20.6 Å². The molecule has 0 saturated carbocycles. The van der Waals surface area contributed by atoms with E-state index in [0.717, 1.165) is 33.6 Å². The van der Waals surface area contributed by atoms with Crippen molar-refractivity contribution in [2.24, 2.45) is 0 Å². The van der Waals surface area contributed by atoms with Gasteiger partial charge in [0.1, 0.15) is 17.2 Å². The average Bonchev–Trinajstić information content (AvgIpc) is 2.60. The molecule has 0 fully saturated rings. The Kier molecular flexibility index (Phi) is 3.31. The number of anilines is 2. The van der Waals surface area contributed by atoms with Crippen molar-refractivity contribution >= 4 is 11.4 Å². The summed E-state index contributed by atoms with van der Waals surface area (Å²) in [6.07, 6.45) is 1.29. The van der Waals surface area contributed by atoms with Gasteiger partial charge in [0.25, 0.3) is 0 Å². The van der Waals surface area contributed by atoms with E-state index >= 15 is 0 Å². The Bertz CT molecular complexity index is 812. The zero-order valence-corrected chi connectivity index (χ0v) is 13.0. The standard InChI is InChI=1S/C20H17NO3/c22-16-3-1-12-7-15-10-17(23)5-6-19(15)21-20-11-18(24)4-2-13(20)8-14(12)9-16/h1-6,9-11,21-24H,7-8H2. The number of hydrogen-bond donors (Lipinski definition) is 4. The van der Waals surface area contributed by atoms with Gasteiger partial charge in [0.2, 0.25) is 0 Å². The van der Waals surface area contributed by atoms with Crippen LogP contribution < -0.4 is 5.32 Å². The van der Waals surface area contributed by atoms with Gasteiger partial charge in [0.05, 0.1) is 0 Å². The lowest BCUT2D eigenvalue weighted by Crippen LogP contribution is -1.97. The summed E-state index contributed by atoms with van der Waals surface area (Å²) >= 11 is 0. The molecule has 4 heteroatoms. The van der Waals surface area contributed by atoms with E-state index in [2.05, 4.69) is 5.32 Å². The first kappa shape index (κ1) is 14.5. The van der Waals surface area contributed by atoms with E-state index in [1.165, 1.54) is 0 Å². The van der Waals surface area contributed by atoms with Gasteiger partial charge in [-0.1, -0.05) is 12.1 Å². The molecular formula is C20H17NO3. The molecule has 1 heterocycles. The van der Waals surface area contributed by atoms with Crippen molar-refractivity contribution in [1.29, 1.82) is 0 Å². The van der Waals surface area contributed by atoms with Crippen molar-refractivity contribution in [1.82, 2.24) is 0 Å². The highest BCUT2D eigenvalue weighted by atomic mass is 16.3. The summed E-state index contributed by atoms with van der Waals surface area (Å²) in [5.74, 6) is 0.639. The van der Waals surface area contributed by atoms with Crippen molar-refractivity contribution in [3.8, 4) is 17.2 Å². The van der Waals surface area contributed by atoms with Crippen LogP contribution in [0.3, 0.4) is 0 Å². The Balaban J connectivity index is 1.95. The van der Waals surface area contributed by atoms with Gasteiger partial charge in [-0.2, -0.15) is 0 Å². The maximum absolute atomic E-state index is 9.86. The van der Waals surface area contributed by atoms with Crippen molar-refractivity contribution in [3.63, 3.8) is 0 Å². The van der Waals surface area contributed by atoms with Gasteiger partial charge in [-0.05, 0) is 71.5 Å². The second-order valence-electron chi connectivity index (χ2n) is 6.11. The molecule has 3 aromatic rings. The Morgan fingerprint density at radius 3 is 1.92 bits per heavy atom. The molecule has 4 rings (SSSR count). The minimum atomic E-state index is 0.192. The summed E-state index contributed by atoms with van der Waals surface area (Å²) < 4.78 is 0. The Hall–Kier alpha value is -3.14. The Morgan fingerprint density at radius 1 is 0.542 bits per heavy atom. The van der Waals surface area contributed by atoms with Crippen molar-refractivity contribution in [3.05, 3.63) is 76.9 Å². The fourth-order valence-electron chi connectivity index (χ4n) is 3.19. The predicted octanol–water partition coefficient (Wildman–Crippen LogP) is 4.04. The molecule has 0 saturated heterocycles. The first-order chi connectivity index (χ1) is 11.6. The van der Waals surface area contributed by atoms with Crippen LogP contribution in [-0.2, 0) is 12.8 Å². The first-order valence-electron chi connectivity index (χ1n) is 7.80. The van der Waals surface area contributed by atoms with Gasteiger partial charge in [-0.25, -0.2) is 0 Å². The van der Waals surface area contributed by atoms with E-state index in [0.29, 0.717) is 12.8 Å². The summed E-state index contributed by atoms with van der Waals surface area (Å²) in [4.78, 5) is 0. The van der Waals surface area contributed by atoms with Crippen LogP contribution in [-0.4, -0.2) is 15.3 Å². The van der Waals surface area contributed by atoms with Gasteiger partial charge in [0.15, 0.2) is 0 Å². The number of benzene rings is 3. The van der Waals surface area contributed by atoms with E-state index in [4.69, 9.17) is 0 Å². The van der Waals surface area contributed by atoms with E-state index in [9.17, 15) is 15.3 Å². The van der Waals surface area contributed by atoms with Crippen LogP contribution in [0.2, 0.25) is 0 Å². The van der Waals surface area contributed by atoms with E-state index in [-0.39, 0.29) is 17.2 Å². The number of phenols is 3. The molecule has 0 amide bonds. The molecule has 0 aromatic heterocycles. The molecular weight excluding hydrogens is 302 g/mol. The molecule has 4 nitrogen and oxygen atoms in total. The molecule has 0 unspecified atom stereocenters. The Labute approximate surface area is 139 Å². The van der Waals surface area contributed by atoms with Crippen LogP contribution in [0.5, 0.6) is 17.2 Å². The van der Waals surface area contributed by atoms with Crippen LogP contribution in [0.15, 0.2) is 54.6 Å². The lowest BCUT2D eigenvalue weighted by atomic mass is 9.95. The number of hydrogen-bond acceptors (Lipinski definition) is 4. The van der Waals surface area contributed by atoms with E-state index in [1.807, 2.05) is 18.2 Å². The average molecular weight is 319 g/mol. The highest BCUT2D eigenvalue weighted by molar-refractivity contribution is 5.70. The van der Waals surface area contributed by atoms with Crippen molar-refractivity contribution < 1.29 is 15.3 Å². The minimum absolute atomic E-state index is 0.192. The SMILES string of the molecule is Oc1ccc2c(c1)Cc1ccc(O)cc1Nc1ccc(O)cc1C2.